The molecule has 1 aliphatic heterocycles. The first-order valence-corrected chi connectivity index (χ1v) is 6.16. The Kier molecular flexibility index (Phi) is 5.93. The Bertz CT molecular complexity index is 145. The van der Waals surface area contributed by atoms with E-state index >= 15 is 0 Å². The van der Waals surface area contributed by atoms with Gasteiger partial charge in [-0.05, 0) is 12.8 Å². The summed E-state index contributed by atoms with van der Waals surface area (Å²) in [5.74, 6) is 0.688. The van der Waals surface area contributed by atoms with Gasteiger partial charge in [-0.15, -0.1) is 0 Å². The molecule has 1 heteroatoms. The molecule has 0 aromatic rings. The molecule has 0 amide bonds. The van der Waals surface area contributed by atoms with Crippen LogP contribution in [0.25, 0.3) is 0 Å². The summed E-state index contributed by atoms with van der Waals surface area (Å²) < 4.78 is 5.80. The fraction of sp³-hybridized carbons (Fsp3) is 0.846. The van der Waals surface area contributed by atoms with Gasteiger partial charge in [0.1, 0.15) is 0 Å². The zero-order valence-corrected chi connectivity index (χ0v) is 9.67. The van der Waals surface area contributed by atoms with Crippen molar-refractivity contribution in [2.24, 2.45) is 5.92 Å². The summed E-state index contributed by atoms with van der Waals surface area (Å²) >= 11 is 0. The topological polar surface area (TPSA) is 9.23 Å². The van der Waals surface area contributed by atoms with E-state index in [-0.39, 0.29) is 0 Å². The van der Waals surface area contributed by atoms with E-state index in [9.17, 15) is 0 Å². The minimum absolute atomic E-state index is 0.410. The molecule has 1 rings (SSSR count). The van der Waals surface area contributed by atoms with Gasteiger partial charge < -0.3 is 4.74 Å². The summed E-state index contributed by atoms with van der Waals surface area (Å²) in [6, 6.07) is 0. The van der Waals surface area contributed by atoms with Crippen molar-refractivity contribution in [1.29, 1.82) is 0 Å². The van der Waals surface area contributed by atoms with E-state index in [1.54, 1.807) is 0 Å². The molecule has 1 heterocycles. The second-order valence-corrected chi connectivity index (χ2v) is 4.30. The van der Waals surface area contributed by atoms with Crippen molar-refractivity contribution in [2.75, 3.05) is 6.61 Å². The van der Waals surface area contributed by atoms with Crippen molar-refractivity contribution in [3.63, 3.8) is 0 Å². The zero-order valence-electron chi connectivity index (χ0n) is 9.67. The molecular weight excluding hydrogens is 172 g/mol. The first-order valence-electron chi connectivity index (χ1n) is 6.16. The van der Waals surface area contributed by atoms with Crippen LogP contribution in [0.3, 0.4) is 0 Å². The van der Waals surface area contributed by atoms with Gasteiger partial charge in [-0.2, -0.15) is 0 Å². The van der Waals surface area contributed by atoms with Gasteiger partial charge in [0.05, 0.1) is 12.7 Å². The van der Waals surface area contributed by atoms with Crippen LogP contribution in [0.4, 0.5) is 0 Å². The lowest BCUT2D eigenvalue weighted by atomic mass is 9.99. The van der Waals surface area contributed by atoms with Crippen molar-refractivity contribution in [1.82, 2.24) is 0 Å². The molecule has 82 valence electrons. The fourth-order valence-electron chi connectivity index (χ4n) is 1.87. The zero-order chi connectivity index (χ0) is 10.2. The SMILES string of the molecule is CCCC[C@@H]1C=C[C@H](CCCC)OC1. The summed E-state index contributed by atoms with van der Waals surface area (Å²) in [5.41, 5.74) is 0. The van der Waals surface area contributed by atoms with Gasteiger partial charge in [0.15, 0.2) is 0 Å². The summed E-state index contributed by atoms with van der Waals surface area (Å²) in [6.07, 6.45) is 12.7. The van der Waals surface area contributed by atoms with Crippen LogP contribution in [0, 0.1) is 5.92 Å². The van der Waals surface area contributed by atoms with Gasteiger partial charge in [-0.1, -0.05) is 51.7 Å². The average molecular weight is 196 g/mol. The van der Waals surface area contributed by atoms with Gasteiger partial charge in [-0.3, -0.25) is 0 Å². The van der Waals surface area contributed by atoms with Crippen LogP contribution in [0.5, 0.6) is 0 Å². The maximum atomic E-state index is 5.80. The molecule has 0 spiro atoms. The lowest BCUT2D eigenvalue weighted by molar-refractivity contribution is 0.0471. The van der Waals surface area contributed by atoms with Crippen molar-refractivity contribution in [2.45, 2.75) is 58.5 Å². The molecule has 0 aromatic carbocycles. The van der Waals surface area contributed by atoms with Crippen LogP contribution >= 0.6 is 0 Å². The Balaban J connectivity index is 2.18. The van der Waals surface area contributed by atoms with Crippen molar-refractivity contribution >= 4 is 0 Å². The first kappa shape index (κ1) is 11.8. The highest BCUT2D eigenvalue weighted by Gasteiger charge is 2.14. The van der Waals surface area contributed by atoms with Crippen molar-refractivity contribution in [3.8, 4) is 0 Å². The number of ether oxygens (including phenoxy) is 1. The molecule has 14 heavy (non-hydrogen) atoms. The summed E-state index contributed by atoms with van der Waals surface area (Å²) in [7, 11) is 0. The molecule has 0 fully saturated rings. The molecule has 0 saturated carbocycles. The van der Waals surface area contributed by atoms with Crippen LogP contribution < -0.4 is 0 Å². The van der Waals surface area contributed by atoms with E-state index in [4.69, 9.17) is 4.74 Å². The number of hydrogen-bond acceptors (Lipinski definition) is 1. The molecule has 0 unspecified atom stereocenters. The highest BCUT2D eigenvalue weighted by atomic mass is 16.5. The second-order valence-electron chi connectivity index (χ2n) is 4.30. The standard InChI is InChI=1S/C13H24O/c1-3-5-7-12-9-10-13(14-11-12)8-6-4-2/h9-10,12-13H,3-8,11H2,1-2H3/t12-,13+/m1/s1. The highest BCUT2D eigenvalue weighted by molar-refractivity contribution is 4.97. The van der Waals surface area contributed by atoms with Crippen LogP contribution in [-0.4, -0.2) is 12.7 Å². The van der Waals surface area contributed by atoms with Crippen molar-refractivity contribution in [3.05, 3.63) is 12.2 Å². The number of unbranched alkanes of at least 4 members (excludes halogenated alkanes) is 2. The quantitative estimate of drug-likeness (QED) is 0.585. The lowest BCUT2D eigenvalue weighted by Gasteiger charge is -2.23. The third-order valence-corrected chi connectivity index (χ3v) is 2.89. The van der Waals surface area contributed by atoms with Gasteiger partial charge >= 0.3 is 0 Å². The normalized spacial score (nSPS) is 26.7. The van der Waals surface area contributed by atoms with E-state index in [2.05, 4.69) is 26.0 Å². The Morgan fingerprint density at radius 2 is 1.79 bits per heavy atom. The third-order valence-electron chi connectivity index (χ3n) is 2.89. The minimum Gasteiger partial charge on any atom is -0.374 e. The Morgan fingerprint density at radius 1 is 1.07 bits per heavy atom. The van der Waals surface area contributed by atoms with Crippen LogP contribution in [0.1, 0.15) is 52.4 Å². The summed E-state index contributed by atoms with van der Waals surface area (Å²) in [5, 5.41) is 0. The highest BCUT2D eigenvalue weighted by Crippen LogP contribution is 2.19. The number of rotatable bonds is 6. The maximum Gasteiger partial charge on any atom is 0.0756 e. The smallest absolute Gasteiger partial charge is 0.0756 e. The molecule has 0 bridgehead atoms. The van der Waals surface area contributed by atoms with E-state index in [0.29, 0.717) is 12.0 Å². The van der Waals surface area contributed by atoms with Gasteiger partial charge in [0.2, 0.25) is 0 Å². The minimum atomic E-state index is 0.410. The second kappa shape index (κ2) is 7.05. The Labute approximate surface area is 88.5 Å². The molecule has 1 aliphatic rings. The lowest BCUT2D eigenvalue weighted by Crippen LogP contribution is -2.20. The van der Waals surface area contributed by atoms with Gasteiger partial charge in [0, 0.05) is 5.92 Å². The first-order chi connectivity index (χ1) is 6.86. The van der Waals surface area contributed by atoms with E-state index in [0.717, 1.165) is 6.61 Å². The monoisotopic (exact) mass is 196 g/mol. The van der Waals surface area contributed by atoms with Crippen LogP contribution in [-0.2, 0) is 4.74 Å². The maximum absolute atomic E-state index is 5.80. The predicted molar refractivity (Wildman–Crippen MR) is 61.4 cm³/mol. The van der Waals surface area contributed by atoms with Gasteiger partial charge in [0.25, 0.3) is 0 Å². The van der Waals surface area contributed by atoms with Gasteiger partial charge in [-0.25, -0.2) is 0 Å². The molecule has 1 nitrogen and oxygen atoms in total. The molecule has 0 aromatic heterocycles. The summed E-state index contributed by atoms with van der Waals surface area (Å²) in [6.45, 7) is 5.43. The predicted octanol–water partition coefficient (Wildman–Crippen LogP) is 3.94. The Hall–Kier alpha value is -0.300. The Morgan fingerprint density at radius 3 is 2.36 bits per heavy atom. The molecule has 0 aliphatic carbocycles. The molecule has 0 radical (unpaired) electrons. The molecule has 2 atom stereocenters. The summed E-state index contributed by atoms with van der Waals surface area (Å²) in [4.78, 5) is 0. The van der Waals surface area contributed by atoms with Crippen LogP contribution in [0.15, 0.2) is 12.2 Å². The van der Waals surface area contributed by atoms with E-state index in [1.165, 1.54) is 38.5 Å². The molecule has 0 N–H and O–H groups in total. The average Bonchev–Trinajstić information content (AvgIpc) is 2.25. The molecular formula is C13H24O. The van der Waals surface area contributed by atoms with Crippen molar-refractivity contribution < 1.29 is 4.74 Å². The molecule has 0 saturated heterocycles. The number of hydrogen-bond donors (Lipinski definition) is 0. The fourth-order valence-corrected chi connectivity index (χ4v) is 1.87. The van der Waals surface area contributed by atoms with E-state index in [1.807, 2.05) is 0 Å². The largest absolute Gasteiger partial charge is 0.374 e. The van der Waals surface area contributed by atoms with E-state index < -0.39 is 0 Å². The third kappa shape index (κ3) is 4.28. The van der Waals surface area contributed by atoms with Crippen LogP contribution in [0.2, 0.25) is 0 Å².